The molecule has 4 heteroatoms. The highest BCUT2D eigenvalue weighted by molar-refractivity contribution is 7.10. The molecule has 0 spiro atoms. The van der Waals surface area contributed by atoms with Crippen LogP contribution >= 0.6 is 11.3 Å². The fraction of sp³-hybridized carbons (Fsp3) is 0.667. The second-order valence-electron chi connectivity index (χ2n) is 4.57. The molecule has 1 aromatic heterocycles. The predicted octanol–water partition coefficient (Wildman–Crippen LogP) is 1.86. The van der Waals surface area contributed by atoms with Crippen LogP contribution in [0.15, 0.2) is 17.5 Å². The summed E-state index contributed by atoms with van der Waals surface area (Å²) >= 11 is 1.74. The van der Waals surface area contributed by atoms with Crippen LogP contribution in [-0.4, -0.2) is 36.7 Å². The number of hydrogen-bond acceptors (Lipinski definition) is 4. The highest BCUT2D eigenvalue weighted by Crippen LogP contribution is 2.20. The van der Waals surface area contributed by atoms with Crippen LogP contribution in [0, 0.1) is 0 Å². The molecule has 1 aliphatic rings. The van der Waals surface area contributed by atoms with Gasteiger partial charge in [0.2, 0.25) is 0 Å². The maximum absolute atomic E-state index is 6.21. The second kappa shape index (κ2) is 5.27. The molecule has 0 aromatic carbocycles. The van der Waals surface area contributed by atoms with E-state index in [-0.39, 0.29) is 6.04 Å². The van der Waals surface area contributed by atoms with Crippen LogP contribution in [0.4, 0.5) is 0 Å². The summed E-state index contributed by atoms with van der Waals surface area (Å²) in [6, 6.07) is 4.78. The van der Waals surface area contributed by atoms with Crippen LogP contribution in [0.3, 0.4) is 0 Å². The van der Waals surface area contributed by atoms with Gasteiger partial charge in [0.05, 0.1) is 18.8 Å². The first-order chi connectivity index (χ1) is 7.66. The Morgan fingerprint density at radius 2 is 2.44 bits per heavy atom. The summed E-state index contributed by atoms with van der Waals surface area (Å²) in [6.45, 7) is 7.05. The van der Waals surface area contributed by atoms with Crippen LogP contribution in [0.1, 0.15) is 24.8 Å². The number of hydrogen-bond donors (Lipinski definition) is 1. The highest BCUT2D eigenvalue weighted by atomic mass is 32.1. The summed E-state index contributed by atoms with van der Waals surface area (Å²) < 4.78 is 5.61. The number of rotatable bonds is 3. The lowest BCUT2D eigenvalue weighted by Crippen LogP contribution is -2.49. The van der Waals surface area contributed by atoms with Gasteiger partial charge in [-0.3, -0.25) is 4.90 Å². The van der Waals surface area contributed by atoms with Crippen molar-refractivity contribution >= 4 is 11.3 Å². The van der Waals surface area contributed by atoms with Gasteiger partial charge in [0.25, 0.3) is 0 Å². The first-order valence-corrected chi connectivity index (χ1v) is 6.69. The number of morpholine rings is 1. The number of thiophene rings is 1. The van der Waals surface area contributed by atoms with E-state index in [1.165, 1.54) is 4.88 Å². The highest BCUT2D eigenvalue weighted by Gasteiger charge is 2.25. The van der Waals surface area contributed by atoms with Crippen LogP contribution in [0.5, 0.6) is 0 Å². The minimum absolute atomic E-state index is 0.132. The zero-order valence-corrected chi connectivity index (χ0v) is 10.7. The minimum Gasteiger partial charge on any atom is -0.376 e. The van der Waals surface area contributed by atoms with Crippen molar-refractivity contribution < 1.29 is 4.74 Å². The first kappa shape index (κ1) is 12.0. The molecule has 0 radical (unpaired) electrons. The topological polar surface area (TPSA) is 38.5 Å². The van der Waals surface area contributed by atoms with E-state index in [0.717, 1.165) is 19.7 Å². The van der Waals surface area contributed by atoms with E-state index in [1.807, 2.05) is 0 Å². The monoisotopic (exact) mass is 240 g/mol. The molecule has 3 nitrogen and oxygen atoms in total. The lowest BCUT2D eigenvalue weighted by atomic mass is 10.1. The zero-order valence-electron chi connectivity index (χ0n) is 9.93. The van der Waals surface area contributed by atoms with Gasteiger partial charge in [0, 0.05) is 24.0 Å². The van der Waals surface area contributed by atoms with Crippen molar-refractivity contribution in [2.45, 2.75) is 32.0 Å². The predicted molar refractivity (Wildman–Crippen MR) is 67.7 cm³/mol. The second-order valence-corrected chi connectivity index (χ2v) is 5.55. The molecule has 0 amide bonds. The van der Waals surface area contributed by atoms with Crippen molar-refractivity contribution in [3.63, 3.8) is 0 Å². The molecule has 3 atom stereocenters. The number of nitrogens with zero attached hydrogens (tertiary/aromatic N) is 1. The van der Waals surface area contributed by atoms with Crippen molar-refractivity contribution in [3.05, 3.63) is 22.4 Å². The van der Waals surface area contributed by atoms with Crippen molar-refractivity contribution in [2.75, 3.05) is 19.7 Å². The van der Waals surface area contributed by atoms with Crippen LogP contribution in [0.2, 0.25) is 0 Å². The Morgan fingerprint density at radius 1 is 1.62 bits per heavy atom. The molecule has 0 saturated carbocycles. The van der Waals surface area contributed by atoms with Gasteiger partial charge in [0.1, 0.15) is 0 Å². The normalized spacial score (nSPS) is 29.2. The maximum atomic E-state index is 6.21. The summed E-state index contributed by atoms with van der Waals surface area (Å²) in [6.07, 6.45) is 0.326. The number of ether oxygens (including phenoxy) is 1. The Balaban J connectivity index is 1.93. The van der Waals surface area contributed by atoms with Gasteiger partial charge in [-0.1, -0.05) is 6.07 Å². The minimum atomic E-state index is 0.132. The Kier molecular flexibility index (Phi) is 3.97. The third-order valence-electron chi connectivity index (χ3n) is 3.08. The van der Waals surface area contributed by atoms with E-state index < -0.39 is 0 Å². The Bertz CT molecular complexity index is 315. The third-order valence-corrected chi connectivity index (χ3v) is 4.08. The van der Waals surface area contributed by atoms with E-state index in [4.69, 9.17) is 10.5 Å². The van der Waals surface area contributed by atoms with Gasteiger partial charge in [-0.15, -0.1) is 11.3 Å². The fourth-order valence-electron chi connectivity index (χ4n) is 2.07. The van der Waals surface area contributed by atoms with Crippen LogP contribution < -0.4 is 5.73 Å². The van der Waals surface area contributed by atoms with Gasteiger partial charge >= 0.3 is 0 Å². The van der Waals surface area contributed by atoms with E-state index in [0.29, 0.717) is 12.1 Å². The maximum Gasteiger partial charge on any atom is 0.0674 e. The Labute approximate surface area is 101 Å². The lowest BCUT2D eigenvalue weighted by molar-refractivity contribution is -0.0509. The van der Waals surface area contributed by atoms with Gasteiger partial charge in [-0.05, 0) is 25.3 Å². The quantitative estimate of drug-likeness (QED) is 0.876. The van der Waals surface area contributed by atoms with Crippen molar-refractivity contribution in [3.8, 4) is 0 Å². The molecule has 1 aliphatic heterocycles. The largest absolute Gasteiger partial charge is 0.376 e. The third kappa shape index (κ3) is 2.83. The molecule has 90 valence electrons. The van der Waals surface area contributed by atoms with Gasteiger partial charge in [0.15, 0.2) is 0 Å². The Hall–Kier alpha value is -0.420. The van der Waals surface area contributed by atoms with Crippen molar-refractivity contribution in [2.24, 2.45) is 5.73 Å². The SMILES string of the molecule is CC1CN(CC(N)c2cccs2)C(C)CO1. The van der Waals surface area contributed by atoms with Crippen molar-refractivity contribution in [1.29, 1.82) is 0 Å². The average Bonchev–Trinajstić information content (AvgIpc) is 2.76. The smallest absolute Gasteiger partial charge is 0.0674 e. The van der Waals surface area contributed by atoms with E-state index in [2.05, 4.69) is 36.3 Å². The van der Waals surface area contributed by atoms with Crippen LogP contribution in [-0.2, 0) is 4.74 Å². The first-order valence-electron chi connectivity index (χ1n) is 5.81. The van der Waals surface area contributed by atoms with Crippen molar-refractivity contribution in [1.82, 2.24) is 4.90 Å². The van der Waals surface area contributed by atoms with Gasteiger partial charge in [-0.25, -0.2) is 0 Å². The van der Waals surface area contributed by atoms with E-state index in [1.54, 1.807) is 11.3 Å². The fourth-order valence-corrected chi connectivity index (χ4v) is 2.79. The lowest BCUT2D eigenvalue weighted by Gasteiger charge is -2.37. The molecule has 2 N–H and O–H groups in total. The summed E-state index contributed by atoms with van der Waals surface area (Å²) in [7, 11) is 0. The molecule has 1 saturated heterocycles. The summed E-state index contributed by atoms with van der Waals surface area (Å²) in [5.41, 5.74) is 6.21. The molecule has 3 unspecified atom stereocenters. The number of nitrogens with two attached hydrogens (primary N) is 1. The standard InChI is InChI=1S/C12H20N2OS/c1-9-8-15-10(2)6-14(9)7-11(13)12-4-3-5-16-12/h3-5,9-11H,6-8,13H2,1-2H3. The molecule has 1 aromatic rings. The molecule has 0 bridgehead atoms. The molecule has 2 rings (SSSR count). The van der Waals surface area contributed by atoms with Gasteiger partial charge in [-0.2, -0.15) is 0 Å². The molecular formula is C12H20N2OS. The molecular weight excluding hydrogens is 220 g/mol. The molecule has 0 aliphatic carbocycles. The zero-order chi connectivity index (χ0) is 11.5. The van der Waals surface area contributed by atoms with Crippen LogP contribution in [0.25, 0.3) is 0 Å². The molecule has 2 heterocycles. The van der Waals surface area contributed by atoms with E-state index >= 15 is 0 Å². The molecule has 16 heavy (non-hydrogen) atoms. The summed E-state index contributed by atoms with van der Waals surface area (Å²) in [4.78, 5) is 3.70. The Morgan fingerprint density at radius 3 is 3.12 bits per heavy atom. The summed E-state index contributed by atoms with van der Waals surface area (Å²) in [5, 5.41) is 2.08. The van der Waals surface area contributed by atoms with E-state index in [9.17, 15) is 0 Å². The molecule has 1 fully saturated rings. The average molecular weight is 240 g/mol. The summed E-state index contributed by atoms with van der Waals surface area (Å²) in [5.74, 6) is 0. The van der Waals surface area contributed by atoms with Gasteiger partial charge < -0.3 is 10.5 Å².